The Bertz CT molecular complexity index is 757. The van der Waals surface area contributed by atoms with Crippen molar-refractivity contribution in [2.24, 2.45) is 0 Å². The van der Waals surface area contributed by atoms with Gasteiger partial charge in [-0.2, -0.15) is 0 Å². The second kappa shape index (κ2) is 8.10. The Hall–Kier alpha value is -3.15. The minimum Gasteiger partial charge on any atom is -0.360 e. The Balaban J connectivity index is 1.50. The molecule has 6 nitrogen and oxygen atoms in total. The van der Waals surface area contributed by atoms with E-state index in [1.54, 1.807) is 12.3 Å². The van der Waals surface area contributed by atoms with Crippen molar-refractivity contribution in [2.75, 3.05) is 24.5 Å². The molecule has 2 aromatic rings. The lowest BCUT2D eigenvalue weighted by Gasteiger charge is -2.28. The van der Waals surface area contributed by atoms with Crippen molar-refractivity contribution in [1.29, 1.82) is 0 Å². The van der Waals surface area contributed by atoms with Crippen molar-refractivity contribution in [1.82, 2.24) is 15.6 Å². The lowest BCUT2D eigenvalue weighted by Crippen LogP contribution is -2.47. The second-order valence-corrected chi connectivity index (χ2v) is 5.74. The highest BCUT2D eigenvalue weighted by Gasteiger charge is 2.16. The number of nitrogens with one attached hydrogen (secondary N) is 2. The topological polar surface area (TPSA) is 74.3 Å². The molecule has 0 unspecified atom stereocenters. The van der Waals surface area contributed by atoms with Crippen molar-refractivity contribution in [3.8, 4) is 0 Å². The van der Waals surface area contributed by atoms with E-state index in [1.165, 1.54) is 6.08 Å². The quantitative estimate of drug-likeness (QED) is 0.808. The predicted molar refractivity (Wildman–Crippen MR) is 96.8 cm³/mol. The SMILES string of the molecule is O=C(/C=C/c1ccccn1)NCc1ccc(N2CCNC(=O)C2)cc1. The van der Waals surface area contributed by atoms with E-state index in [9.17, 15) is 9.59 Å². The van der Waals surface area contributed by atoms with Crippen molar-refractivity contribution < 1.29 is 9.59 Å². The second-order valence-electron chi connectivity index (χ2n) is 5.74. The lowest BCUT2D eigenvalue weighted by molar-refractivity contribution is -0.120. The van der Waals surface area contributed by atoms with Crippen molar-refractivity contribution >= 4 is 23.6 Å². The van der Waals surface area contributed by atoms with Crippen LogP contribution in [-0.4, -0.2) is 36.4 Å². The summed E-state index contributed by atoms with van der Waals surface area (Å²) in [7, 11) is 0. The first-order valence-corrected chi connectivity index (χ1v) is 8.18. The fourth-order valence-electron chi connectivity index (χ4n) is 2.57. The molecular formula is C19H20N4O2. The highest BCUT2D eigenvalue weighted by atomic mass is 16.2. The highest BCUT2D eigenvalue weighted by molar-refractivity contribution is 5.91. The molecule has 2 N–H and O–H groups in total. The fourth-order valence-corrected chi connectivity index (χ4v) is 2.57. The number of piperazine rings is 1. The van der Waals surface area contributed by atoms with Gasteiger partial charge in [0.05, 0.1) is 12.2 Å². The van der Waals surface area contributed by atoms with Crippen molar-refractivity contribution in [3.63, 3.8) is 0 Å². The van der Waals surface area contributed by atoms with Crippen LogP contribution in [0.4, 0.5) is 5.69 Å². The minimum absolute atomic E-state index is 0.0438. The molecule has 1 fully saturated rings. The normalized spacial score (nSPS) is 14.4. The average Bonchev–Trinajstić information content (AvgIpc) is 2.66. The van der Waals surface area contributed by atoms with Crippen LogP contribution < -0.4 is 15.5 Å². The Morgan fingerprint density at radius 3 is 2.80 bits per heavy atom. The van der Waals surface area contributed by atoms with Crippen molar-refractivity contribution in [3.05, 3.63) is 66.0 Å². The van der Waals surface area contributed by atoms with Gasteiger partial charge in [0, 0.05) is 37.6 Å². The van der Waals surface area contributed by atoms with E-state index in [0.717, 1.165) is 23.5 Å². The maximum absolute atomic E-state index is 11.9. The fraction of sp³-hybridized carbons (Fsp3) is 0.211. The third-order valence-corrected chi connectivity index (χ3v) is 3.90. The van der Waals surface area contributed by atoms with Gasteiger partial charge in [-0.05, 0) is 35.9 Å². The molecule has 1 aliphatic rings. The van der Waals surface area contributed by atoms with Gasteiger partial charge in [-0.3, -0.25) is 14.6 Å². The lowest BCUT2D eigenvalue weighted by atomic mass is 10.2. The van der Waals surface area contributed by atoms with Gasteiger partial charge in [-0.1, -0.05) is 18.2 Å². The number of benzene rings is 1. The number of pyridine rings is 1. The van der Waals surface area contributed by atoms with Gasteiger partial charge in [0.1, 0.15) is 0 Å². The Labute approximate surface area is 146 Å². The van der Waals surface area contributed by atoms with Gasteiger partial charge < -0.3 is 15.5 Å². The summed E-state index contributed by atoms with van der Waals surface area (Å²) in [5.41, 5.74) is 2.76. The van der Waals surface area contributed by atoms with Crippen LogP contribution in [0.2, 0.25) is 0 Å². The molecule has 3 rings (SSSR count). The summed E-state index contributed by atoms with van der Waals surface area (Å²) in [6.07, 6.45) is 4.84. The largest absolute Gasteiger partial charge is 0.360 e. The van der Waals surface area contributed by atoms with E-state index in [-0.39, 0.29) is 11.8 Å². The summed E-state index contributed by atoms with van der Waals surface area (Å²) in [6.45, 7) is 2.31. The van der Waals surface area contributed by atoms with E-state index in [2.05, 4.69) is 15.6 Å². The Kier molecular flexibility index (Phi) is 5.41. The van der Waals surface area contributed by atoms with E-state index in [4.69, 9.17) is 0 Å². The number of amides is 2. The van der Waals surface area contributed by atoms with Crippen LogP contribution in [0.1, 0.15) is 11.3 Å². The van der Waals surface area contributed by atoms with Crippen LogP contribution in [0.15, 0.2) is 54.7 Å². The molecule has 1 saturated heterocycles. The average molecular weight is 336 g/mol. The summed E-state index contributed by atoms with van der Waals surface area (Å²) in [5, 5.41) is 5.65. The standard InChI is InChI=1S/C19H20N4O2/c24-18(9-6-16-3-1-2-10-20-16)22-13-15-4-7-17(8-5-15)23-12-11-21-19(25)14-23/h1-10H,11-14H2,(H,21,25)(H,22,24)/b9-6+. The number of carbonyl (C=O) groups excluding carboxylic acids is 2. The first kappa shape index (κ1) is 16.7. The maximum atomic E-state index is 11.9. The molecule has 6 heteroatoms. The van der Waals surface area contributed by atoms with E-state index in [0.29, 0.717) is 19.6 Å². The zero-order chi connectivity index (χ0) is 17.5. The first-order chi connectivity index (χ1) is 12.2. The number of hydrogen-bond acceptors (Lipinski definition) is 4. The molecule has 1 aromatic carbocycles. The number of rotatable bonds is 5. The van der Waals surface area contributed by atoms with Gasteiger partial charge in [-0.25, -0.2) is 0 Å². The molecule has 0 radical (unpaired) electrons. The van der Waals surface area contributed by atoms with E-state index in [1.807, 2.05) is 47.4 Å². The van der Waals surface area contributed by atoms with Gasteiger partial charge in [0.15, 0.2) is 0 Å². The van der Waals surface area contributed by atoms with Crippen molar-refractivity contribution in [2.45, 2.75) is 6.54 Å². The number of aromatic nitrogens is 1. The van der Waals surface area contributed by atoms with Crippen LogP contribution in [-0.2, 0) is 16.1 Å². The van der Waals surface area contributed by atoms with Crippen LogP contribution in [0.3, 0.4) is 0 Å². The van der Waals surface area contributed by atoms with Crippen LogP contribution in [0.25, 0.3) is 6.08 Å². The molecule has 0 saturated carbocycles. The molecule has 25 heavy (non-hydrogen) atoms. The Morgan fingerprint density at radius 2 is 2.08 bits per heavy atom. The maximum Gasteiger partial charge on any atom is 0.244 e. The minimum atomic E-state index is -0.164. The van der Waals surface area contributed by atoms with E-state index >= 15 is 0 Å². The zero-order valence-corrected chi connectivity index (χ0v) is 13.8. The number of anilines is 1. The molecule has 0 atom stereocenters. The van der Waals surface area contributed by atoms with Crippen LogP contribution in [0, 0.1) is 0 Å². The number of carbonyl (C=O) groups is 2. The smallest absolute Gasteiger partial charge is 0.244 e. The highest BCUT2D eigenvalue weighted by Crippen LogP contribution is 2.16. The summed E-state index contributed by atoms with van der Waals surface area (Å²) >= 11 is 0. The molecule has 2 heterocycles. The van der Waals surface area contributed by atoms with Crippen LogP contribution in [0.5, 0.6) is 0 Å². The number of hydrogen-bond donors (Lipinski definition) is 2. The van der Waals surface area contributed by atoms with Gasteiger partial charge >= 0.3 is 0 Å². The monoisotopic (exact) mass is 336 g/mol. The number of nitrogens with zero attached hydrogens (tertiary/aromatic N) is 2. The molecule has 1 aliphatic heterocycles. The molecular weight excluding hydrogens is 316 g/mol. The summed E-state index contributed by atoms with van der Waals surface area (Å²) in [6, 6.07) is 13.4. The molecule has 0 bridgehead atoms. The van der Waals surface area contributed by atoms with Gasteiger partial charge in [-0.15, -0.1) is 0 Å². The molecule has 1 aromatic heterocycles. The van der Waals surface area contributed by atoms with Gasteiger partial charge in [0.25, 0.3) is 0 Å². The summed E-state index contributed by atoms with van der Waals surface area (Å²) in [5.74, 6) is -0.121. The molecule has 2 amide bonds. The van der Waals surface area contributed by atoms with Gasteiger partial charge in [0.2, 0.25) is 11.8 Å². The summed E-state index contributed by atoms with van der Waals surface area (Å²) < 4.78 is 0. The zero-order valence-electron chi connectivity index (χ0n) is 13.8. The molecule has 0 spiro atoms. The van der Waals surface area contributed by atoms with E-state index < -0.39 is 0 Å². The third-order valence-electron chi connectivity index (χ3n) is 3.90. The predicted octanol–water partition coefficient (Wildman–Crippen LogP) is 1.35. The van der Waals surface area contributed by atoms with Crippen LogP contribution >= 0.6 is 0 Å². The first-order valence-electron chi connectivity index (χ1n) is 8.18. The third kappa shape index (κ3) is 4.91. The Morgan fingerprint density at radius 1 is 1.24 bits per heavy atom. The molecule has 0 aliphatic carbocycles. The molecule has 128 valence electrons. The summed E-state index contributed by atoms with van der Waals surface area (Å²) in [4.78, 5) is 29.5.